The minimum Gasteiger partial charge on any atom is -0.462 e. The second-order valence-corrected chi connectivity index (χ2v) is 13.5. The van der Waals surface area contributed by atoms with E-state index in [4.69, 9.17) is 9.47 Å². The molecule has 2 heterocycles. The number of carbonyl (C=O) groups excluding carboxylic acids is 2. The van der Waals surface area contributed by atoms with Gasteiger partial charge in [0.25, 0.3) is 0 Å². The highest BCUT2D eigenvalue weighted by Crippen LogP contribution is 2.29. The van der Waals surface area contributed by atoms with Gasteiger partial charge >= 0.3 is 5.97 Å². The molecule has 2 saturated heterocycles. The molecule has 2 fully saturated rings. The van der Waals surface area contributed by atoms with Crippen LogP contribution >= 0.6 is 0 Å². The summed E-state index contributed by atoms with van der Waals surface area (Å²) in [7, 11) is 0. The second kappa shape index (κ2) is 22.4. The lowest BCUT2D eigenvalue weighted by Gasteiger charge is -2.23. The molecule has 2 aliphatic heterocycles. The van der Waals surface area contributed by atoms with Crippen molar-refractivity contribution in [2.24, 2.45) is 5.92 Å². The average Bonchev–Trinajstić information content (AvgIpc) is 3.60. The number of hydrogen-bond acceptors (Lipinski definition) is 8. The standard InChI is InChI=1S/C35H64O8/c1-3-4-5-6-7-8-9-10-11-14-19-31(39)33-22-23-34(43-33)32(40)21-16-20-30(38)29(37)18-15-12-13-17-28-25-27(24-26(2)36)35(41)42-28/h27-34,37-40H,3-25H2,1-2H3/t27-,28+,29?,30?,31+,32+,33+,34+/m0/s1. The summed E-state index contributed by atoms with van der Waals surface area (Å²) in [5, 5.41) is 42.0. The monoisotopic (exact) mass is 612 g/mol. The lowest BCUT2D eigenvalue weighted by atomic mass is 9.96. The molecule has 2 unspecified atom stereocenters. The van der Waals surface area contributed by atoms with E-state index in [0.717, 1.165) is 57.8 Å². The van der Waals surface area contributed by atoms with Gasteiger partial charge in [-0.15, -0.1) is 0 Å². The Morgan fingerprint density at radius 3 is 1.79 bits per heavy atom. The number of carbonyl (C=O) groups is 2. The molecule has 0 saturated carbocycles. The summed E-state index contributed by atoms with van der Waals surface area (Å²) < 4.78 is 11.4. The second-order valence-electron chi connectivity index (χ2n) is 13.5. The maximum atomic E-state index is 11.8. The highest BCUT2D eigenvalue weighted by Gasteiger charge is 2.35. The fourth-order valence-electron chi connectivity index (χ4n) is 6.70. The van der Waals surface area contributed by atoms with E-state index >= 15 is 0 Å². The Kier molecular flexibility index (Phi) is 19.9. The molecule has 0 amide bonds. The van der Waals surface area contributed by atoms with Crippen molar-refractivity contribution in [3.63, 3.8) is 0 Å². The van der Waals surface area contributed by atoms with Crippen molar-refractivity contribution in [3.8, 4) is 0 Å². The number of ketones is 1. The summed E-state index contributed by atoms with van der Waals surface area (Å²) in [6.07, 6.45) is 17.8. The smallest absolute Gasteiger partial charge is 0.309 e. The van der Waals surface area contributed by atoms with E-state index in [2.05, 4.69) is 6.92 Å². The van der Waals surface area contributed by atoms with Crippen LogP contribution in [0.5, 0.6) is 0 Å². The molecule has 0 aromatic rings. The number of esters is 1. The largest absolute Gasteiger partial charge is 0.462 e. The van der Waals surface area contributed by atoms with Gasteiger partial charge in [-0.1, -0.05) is 84.0 Å². The van der Waals surface area contributed by atoms with Gasteiger partial charge in [-0.25, -0.2) is 0 Å². The predicted molar refractivity (Wildman–Crippen MR) is 169 cm³/mol. The molecule has 0 aliphatic carbocycles. The van der Waals surface area contributed by atoms with Crippen molar-refractivity contribution in [1.29, 1.82) is 0 Å². The molecular weight excluding hydrogens is 548 g/mol. The van der Waals surface area contributed by atoms with Crippen molar-refractivity contribution < 1.29 is 39.5 Å². The Morgan fingerprint density at radius 1 is 0.721 bits per heavy atom. The van der Waals surface area contributed by atoms with Crippen LogP contribution in [0.3, 0.4) is 0 Å². The Hall–Kier alpha value is -1.06. The summed E-state index contributed by atoms with van der Waals surface area (Å²) in [5.74, 6) is -0.555. The van der Waals surface area contributed by atoms with Crippen molar-refractivity contribution >= 4 is 11.8 Å². The number of Topliss-reactive ketones (excluding diaryl/α,β-unsaturated/α-hetero) is 1. The third-order valence-corrected chi connectivity index (χ3v) is 9.46. The number of unbranched alkanes of at least 4 members (excludes halogenated alkanes) is 11. The highest BCUT2D eigenvalue weighted by atomic mass is 16.6. The van der Waals surface area contributed by atoms with Gasteiger partial charge in [-0.2, -0.15) is 0 Å². The van der Waals surface area contributed by atoms with Crippen LogP contribution in [0.25, 0.3) is 0 Å². The number of rotatable bonds is 26. The third-order valence-electron chi connectivity index (χ3n) is 9.46. The zero-order valence-corrected chi connectivity index (χ0v) is 27.3. The summed E-state index contributed by atoms with van der Waals surface area (Å²) in [6.45, 7) is 3.74. The minimum atomic E-state index is -0.824. The first-order valence-electron chi connectivity index (χ1n) is 17.8. The van der Waals surface area contributed by atoms with Gasteiger partial charge in [0, 0.05) is 6.42 Å². The van der Waals surface area contributed by atoms with E-state index in [1.165, 1.54) is 58.3 Å². The lowest BCUT2D eigenvalue weighted by molar-refractivity contribution is -0.145. The van der Waals surface area contributed by atoms with Crippen molar-refractivity contribution in [1.82, 2.24) is 0 Å². The summed E-state index contributed by atoms with van der Waals surface area (Å²) in [4.78, 5) is 23.1. The molecule has 0 radical (unpaired) electrons. The van der Waals surface area contributed by atoms with E-state index in [1.54, 1.807) is 0 Å². The normalized spacial score (nSPS) is 25.0. The predicted octanol–water partition coefficient (Wildman–Crippen LogP) is 6.32. The molecule has 8 atom stereocenters. The van der Waals surface area contributed by atoms with Crippen LogP contribution < -0.4 is 0 Å². The summed E-state index contributed by atoms with van der Waals surface area (Å²) in [5.41, 5.74) is 0. The Balaban J connectivity index is 1.46. The van der Waals surface area contributed by atoms with E-state index in [1.807, 2.05) is 0 Å². The van der Waals surface area contributed by atoms with E-state index in [0.29, 0.717) is 32.1 Å². The first-order chi connectivity index (χ1) is 20.7. The SMILES string of the molecule is CCCCCCCCCCCC[C@@H](O)[C@H]1CC[C@H]([C@H](O)CCCC(O)C(O)CCCCC[C@@H]2C[C@H](CC(C)=O)C(=O)O2)O1. The molecule has 0 aromatic carbocycles. The number of ether oxygens (including phenoxy) is 2. The van der Waals surface area contributed by atoms with Crippen molar-refractivity contribution in [2.45, 2.75) is 204 Å². The van der Waals surface area contributed by atoms with Crippen molar-refractivity contribution in [2.75, 3.05) is 0 Å². The average molecular weight is 613 g/mol. The van der Waals surface area contributed by atoms with Gasteiger partial charge in [-0.05, 0) is 71.1 Å². The molecule has 8 nitrogen and oxygen atoms in total. The first kappa shape index (κ1) is 38.1. The number of aliphatic hydroxyl groups excluding tert-OH is 4. The van der Waals surface area contributed by atoms with Gasteiger partial charge in [0.05, 0.1) is 42.5 Å². The molecule has 252 valence electrons. The van der Waals surface area contributed by atoms with Crippen LogP contribution in [0, 0.1) is 5.92 Å². The molecular formula is C35H64O8. The molecule has 0 aromatic heterocycles. The number of cyclic esters (lactones) is 1. The van der Waals surface area contributed by atoms with Gasteiger partial charge in [-0.3, -0.25) is 4.79 Å². The number of hydrogen-bond donors (Lipinski definition) is 4. The topological polar surface area (TPSA) is 134 Å². The molecule has 4 N–H and O–H groups in total. The fraction of sp³-hybridized carbons (Fsp3) is 0.943. The Morgan fingerprint density at radius 2 is 1.21 bits per heavy atom. The molecule has 43 heavy (non-hydrogen) atoms. The summed E-state index contributed by atoms with van der Waals surface area (Å²) in [6, 6.07) is 0. The molecule has 0 bridgehead atoms. The van der Waals surface area contributed by atoms with E-state index in [9.17, 15) is 30.0 Å². The quantitative estimate of drug-likeness (QED) is 0.0659. The maximum Gasteiger partial charge on any atom is 0.309 e. The van der Waals surface area contributed by atoms with Crippen LogP contribution in [0.15, 0.2) is 0 Å². The van der Waals surface area contributed by atoms with Gasteiger partial charge in [0.15, 0.2) is 0 Å². The number of aliphatic hydroxyl groups is 4. The molecule has 2 aliphatic rings. The van der Waals surface area contributed by atoms with Crippen LogP contribution in [0.4, 0.5) is 0 Å². The van der Waals surface area contributed by atoms with Gasteiger partial charge in [0.2, 0.25) is 0 Å². The van der Waals surface area contributed by atoms with Crippen LogP contribution in [-0.2, 0) is 19.1 Å². The minimum absolute atomic E-state index is 0.00928. The van der Waals surface area contributed by atoms with Crippen LogP contribution in [0.1, 0.15) is 162 Å². The first-order valence-corrected chi connectivity index (χ1v) is 17.8. The Labute approximate surface area is 261 Å². The van der Waals surface area contributed by atoms with Crippen molar-refractivity contribution in [3.05, 3.63) is 0 Å². The van der Waals surface area contributed by atoms with Gasteiger partial charge < -0.3 is 34.7 Å². The highest BCUT2D eigenvalue weighted by molar-refractivity contribution is 5.83. The Bertz CT molecular complexity index is 745. The zero-order chi connectivity index (χ0) is 31.5. The van der Waals surface area contributed by atoms with Gasteiger partial charge in [0.1, 0.15) is 11.9 Å². The third kappa shape index (κ3) is 16.2. The molecule has 2 rings (SSSR count). The maximum absolute atomic E-state index is 11.8. The zero-order valence-electron chi connectivity index (χ0n) is 27.3. The fourth-order valence-corrected chi connectivity index (χ4v) is 6.70. The molecule has 0 spiro atoms. The van der Waals surface area contributed by atoms with Crippen LogP contribution in [0.2, 0.25) is 0 Å². The summed E-state index contributed by atoms with van der Waals surface area (Å²) >= 11 is 0. The van der Waals surface area contributed by atoms with E-state index in [-0.39, 0.29) is 42.4 Å². The van der Waals surface area contributed by atoms with E-state index < -0.39 is 24.4 Å². The molecule has 8 heteroatoms. The lowest BCUT2D eigenvalue weighted by Crippen LogP contribution is -2.31. The van der Waals surface area contributed by atoms with Crippen LogP contribution in [-0.4, -0.2) is 74.9 Å².